The van der Waals surface area contributed by atoms with Gasteiger partial charge in [0.05, 0.1) is 19.3 Å². The van der Waals surface area contributed by atoms with Gasteiger partial charge in [-0.15, -0.1) is 0 Å². The molecule has 0 aliphatic heterocycles. The average molecular weight is 290 g/mol. The molecule has 0 radical (unpaired) electrons. The first kappa shape index (κ1) is 13.2. The van der Waals surface area contributed by atoms with Crippen molar-refractivity contribution < 1.29 is 4.74 Å². The van der Waals surface area contributed by atoms with Crippen molar-refractivity contribution in [3.05, 3.63) is 46.6 Å². The van der Waals surface area contributed by atoms with Crippen LogP contribution in [0.1, 0.15) is 30.0 Å². The topological polar surface area (TPSA) is 47.0 Å². The number of anilines is 1. The van der Waals surface area contributed by atoms with Crippen molar-refractivity contribution in [2.24, 2.45) is 0 Å². The Labute approximate surface area is 123 Å². The number of halogens is 1. The van der Waals surface area contributed by atoms with Crippen LogP contribution in [0.5, 0.6) is 6.01 Å². The van der Waals surface area contributed by atoms with Gasteiger partial charge in [-0.2, -0.15) is 4.98 Å². The molecule has 1 N–H and O–H groups in total. The number of aryl methyl sites for hydroxylation is 1. The molecule has 1 aromatic carbocycles. The fraction of sp³-hybridized carbons (Fsp3) is 0.333. The molecule has 1 aliphatic carbocycles. The number of hydrogen-bond donors (Lipinski definition) is 1. The molecular weight excluding hydrogens is 274 g/mol. The van der Waals surface area contributed by atoms with Crippen LogP contribution < -0.4 is 10.1 Å². The Morgan fingerprint density at radius 3 is 3.05 bits per heavy atom. The molecular formula is C15H16ClN3O. The van der Waals surface area contributed by atoms with E-state index in [-0.39, 0.29) is 6.04 Å². The average Bonchev–Trinajstić information content (AvgIpc) is 2.50. The van der Waals surface area contributed by atoms with Gasteiger partial charge in [-0.25, -0.2) is 4.98 Å². The molecule has 0 bridgehead atoms. The van der Waals surface area contributed by atoms with Gasteiger partial charge in [0.1, 0.15) is 5.02 Å². The summed E-state index contributed by atoms with van der Waals surface area (Å²) in [5, 5.41) is 3.93. The molecule has 5 heteroatoms. The summed E-state index contributed by atoms with van der Waals surface area (Å²) in [6.07, 6.45) is 4.92. The molecule has 0 fully saturated rings. The van der Waals surface area contributed by atoms with Gasteiger partial charge in [0, 0.05) is 0 Å². The van der Waals surface area contributed by atoms with Crippen molar-refractivity contribution in [3.63, 3.8) is 0 Å². The number of hydrogen-bond acceptors (Lipinski definition) is 4. The third-order valence-electron chi connectivity index (χ3n) is 3.58. The Bertz CT molecular complexity index is 618. The molecule has 0 spiro atoms. The maximum Gasteiger partial charge on any atom is 0.318 e. The summed E-state index contributed by atoms with van der Waals surface area (Å²) in [6, 6.07) is 9.06. The summed E-state index contributed by atoms with van der Waals surface area (Å²) in [7, 11) is 1.54. The van der Waals surface area contributed by atoms with Crippen LogP contribution in [0.2, 0.25) is 5.02 Å². The first-order valence-corrected chi connectivity index (χ1v) is 7.06. The quantitative estimate of drug-likeness (QED) is 0.937. The van der Waals surface area contributed by atoms with E-state index in [0.29, 0.717) is 16.9 Å². The lowest BCUT2D eigenvalue weighted by Crippen LogP contribution is -2.18. The molecule has 4 nitrogen and oxygen atoms in total. The lowest BCUT2D eigenvalue weighted by atomic mass is 9.88. The molecule has 1 atom stereocenters. The number of benzene rings is 1. The fourth-order valence-electron chi connectivity index (χ4n) is 2.62. The number of fused-ring (bicyclic) bond motifs is 1. The first-order valence-electron chi connectivity index (χ1n) is 6.69. The zero-order valence-corrected chi connectivity index (χ0v) is 12.0. The maximum atomic E-state index is 6.16. The number of rotatable bonds is 3. The summed E-state index contributed by atoms with van der Waals surface area (Å²) in [4.78, 5) is 8.27. The van der Waals surface area contributed by atoms with Gasteiger partial charge in [0.15, 0.2) is 5.82 Å². The van der Waals surface area contributed by atoms with Crippen LogP contribution in [-0.4, -0.2) is 17.1 Å². The first-order chi connectivity index (χ1) is 9.78. The molecule has 0 amide bonds. The summed E-state index contributed by atoms with van der Waals surface area (Å²) >= 11 is 6.16. The largest absolute Gasteiger partial charge is 0.467 e. The summed E-state index contributed by atoms with van der Waals surface area (Å²) in [5.41, 5.74) is 2.72. The lowest BCUT2D eigenvalue weighted by Gasteiger charge is -2.27. The van der Waals surface area contributed by atoms with Crippen molar-refractivity contribution in [3.8, 4) is 6.01 Å². The molecule has 1 aliphatic rings. The van der Waals surface area contributed by atoms with Crippen molar-refractivity contribution in [2.45, 2.75) is 25.3 Å². The number of nitrogens with one attached hydrogen (secondary N) is 1. The Hall–Kier alpha value is -1.81. The molecule has 3 rings (SSSR count). The highest BCUT2D eigenvalue weighted by Gasteiger charge is 2.21. The van der Waals surface area contributed by atoms with Crippen LogP contribution in [-0.2, 0) is 6.42 Å². The van der Waals surface area contributed by atoms with Crippen LogP contribution in [0.25, 0.3) is 0 Å². The van der Waals surface area contributed by atoms with Crippen LogP contribution in [0.15, 0.2) is 30.5 Å². The third kappa shape index (κ3) is 2.56. The molecule has 2 aromatic rings. The molecule has 0 saturated carbocycles. The maximum absolute atomic E-state index is 6.16. The molecule has 20 heavy (non-hydrogen) atoms. The zero-order valence-electron chi connectivity index (χ0n) is 11.3. The van der Waals surface area contributed by atoms with Crippen molar-refractivity contribution >= 4 is 17.4 Å². The van der Waals surface area contributed by atoms with E-state index in [2.05, 4.69) is 39.6 Å². The highest BCUT2D eigenvalue weighted by molar-refractivity contribution is 6.32. The fourth-order valence-corrected chi connectivity index (χ4v) is 2.77. The Morgan fingerprint density at radius 2 is 2.20 bits per heavy atom. The Kier molecular flexibility index (Phi) is 3.74. The molecule has 0 saturated heterocycles. The minimum Gasteiger partial charge on any atom is -0.467 e. The number of methoxy groups -OCH3 is 1. The summed E-state index contributed by atoms with van der Waals surface area (Å²) in [6.45, 7) is 0. The second-order valence-electron chi connectivity index (χ2n) is 4.84. The monoisotopic (exact) mass is 289 g/mol. The minimum atomic E-state index is 0.233. The van der Waals surface area contributed by atoms with Crippen LogP contribution in [0.4, 0.5) is 5.82 Å². The van der Waals surface area contributed by atoms with Gasteiger partial charge in [0.2, 0.25) is 0 Å². The highest BCUT2D eigenvalue weighted by atomic mass is 35.5. The zero-order chi connectivity index (χ0) is 13.9. The van der Waals surface area contributed by atoms with Crippen LogP contribution >= 0.6 is 11.6 Å². The number of aromatic nitrogens is 2. The predicted molar refractivity (Wildman–Crippen MR) is 79.3 cm³/mol. The van der Waals surface area contributed by atoms with Crippen molar-refractivity contribution in [1.82, 2.24) is 9.97 Å². The summed E-state index contributed by atoms with van der Waals surface area (Å²) < 4.78 is 5.05. The third-order valence-corrected chi connectivity index (χ3v) is 3.86. The molecule has 1 unspecified atom stereocenters. The van der Waals surface area contributed by atoms with Crippen LogP contribution in [0.3, 0.4) is 0 Å². The van der Waals surface area contributed by atoms with Crippen LogP contribution in [0, 0.1) is 0 Å². The molecule has 1 aromatic heterocycles. The van der Waals surface area contributed by atoms with E-state index in [1.807, 2.05) is 0 Å². The lowest BCUT2D eigenvalue weighted by molar-refractivity contribution is 0.380. The Balaban J connectivity index is 1.89. The van der Waals surface area contributed by atoms with E-state index in [0.717, 1.165) is 19.3 Å². The van der Waals surface area contributed by atoms with E-state index < -0.39 is 0 Å². The van der Waals surface area contributed by atoms with Gasteiger partial charge < -0.3 is 10.1 Å². The smallest absolute Gasteiger partial charge is 0.318 e. The second-order valence-corrected chi connectivity index (χ2v) is 5.25. The van der Waals surface area contributed by atoms with E-state index in [1.54, 1.807) is 13.3 Å². The SMILES string of the molecule is COc1ncc(Cl)c(NC2CCCc3ccccc32)n1. The summed E-state index contributed by atoms with van der Waals surface area (Å²) in [5.74, 6) is 0.625. The number of nitrogens with zero attached hydrogens (tertiary/aromatic N) is 2. The highest BCUT2D eigenvalue weighted by Crippen LogP contribution is 2.33. The van der Waals surface area contributed by atoms with E-state index >= 15 is 0 Å². The van der Waals surface area contributed by atoms with E-state index in [1.165, 1.54) is 11.1 Å². The van der Waals surface area contributed by atoms with E-state index in [9.17, 15) is 0 Å². The molecule has 1 heterocycles. The van der Waals surface area contributed by atoms with E-state index in [4.69, 9.17) is 16.3 Å². The normalized spacial score (nSPS) is 17.4. The minimum absolute atomic E-state index is 0.233. The van der Waals surface area contributed by atoms with Gasteiger partial charge in [0.25, 0.3) is 0 Å². The molecule has 104 valence electrons. The Morgan fingerprint density at radius 1 is 1.35 bits per heavy atom. The van der Waals surface area contributed by atoms with Crippen molar-refractivity contribution in [2.75, 3.05) is 12.4 Å². The van der Waals surface area contributed by atoms with Gasteiger partial charge in [-0.3, -0.25) is 0 Å². The standard InChI is InChI=1S/C15H16ClN3O/c1-20-15-17-9-12(16)14(19-15)18-13-8-4-6-10-5-2-3-7-11(10)13/h2-3,5,7,9,13H,4,6,8H2,1H3,(H,17,18,19). The van der Waals surface area contributed by atoms with Gasteiger partial charge >= 0.3 is 6.01 Å². The van der Waals surface area contributed by atoms with Gasteiger partial charge in [-0.05, 0) is 30.4 Å². The van der Waals surface area contributed by atoms with Gasteiger partial charge in [-0.1, -0.05) is 35.9 Å². The number of ether oxygens (including phenoxy) is 1. The predicted octanol–water partition coefficient (Wildman–Crippen LogP) is 3.63. The van der Waals surface area contributed by atoms with Crippen molar-refractivity contribution in [1.29, 1.82) is 0 Å². The second kappa shape index (κ2) is 5.67.